The Morgan fingerprint density at radius 1 is 1.45 bits per heavy atom. The van der Waals surface area contributed by atoms with Crippen molar-refractivity contribution in [2.24, 2.45) is 5.92 Å². The van der Waals surface area contributed by atoms with Gasteiger partial charge in [-0.2, -0.15) is 9.57 Å². The number of Topliss-reactive ketones (excluding diaryl/α,β-unsaturated/α-hetero) is 1. The van der Waals surface area contributed by atoms with Gasteiger partial charge < -0.3 is 0 Å². The third-order valence-corrected chi connectivity index (χ3v) is 5.44. The quantitative estimate of drug-likeness (QED) is 0.846. The van der Waals surface area contributed by atoms with Crippen LogP contribution in [0.4, 0.5) is 0 Å². The van der Waals surface area contributed by atoms with Gasteiger partial charge in [-0.15, -0.1) is 0 Å². The van der Waals surface area contributed by atoms with Crippen molar-refractivity contribution in [2.75, 3.05) is 13.1 Å². The number of ketones is 1. The minimum absolute atomic E-state index is 0.112. The lowest BCUT2D eigenvalue weighted by Gasteiger charge is -2.30. The highest BCUT2D eigenvalue weighted by atomic mass is 32.2. The molecule has 0 saturated carbocycles. The molecule has 1 aliphatic rings. The molecule has 0 amide bonds. The van der Waals surface area contributed by atoms with E-state index >= 15 is 0 Å². The maximum absolute atomic E-state index is 12.5. The normalized spacial score (nSPS) is 20.6. The van der Waals surface area contributed by atoms with E-state index in [0.29, 0.717) is 12.0 Å². The highest BCUT2D eigenvalue weighted by Crippen LogP contribution is 2.23. The average molecular weight is 292 g/mol. The number of carbonyl (C=O) groups excluding carboxylic acids is 1. The van der Waals surface area contributed by atoms with Gasteiger partial charge >= 0.3 is 0 Å². The molecule has 1 aromatic carbocycles. The highest BCUT2D eigenvalue weighted by Gasteiger charge is 2.33. The molecule has 0 bridgehead atoms. The molecule has 1 unspecified atom stereocenters. The van der Waals surface area contributed by atoms with Crippen LogP contribution in [0.2, 0.25) is 0 Å². The first-order valence-corrected chi connectivity index (χ1v) is 7.96. The van der Waals surface area contributed by atoms with Crippen LogP contribution < -0.4 is 0 Å². The van der Waals surface area contributed by atoms with Crippen LogP contribution in [0.5, 0.6) is 0 Å². The van der Waals surface area contributed by atoms with E-state index in [1.165, 1.54) is 16.4 Å². The van der Waals surface area contributed by atoms with Crippen LogP contribution in [-0.4, -0.2) is 31.6 Å². The summed E-state index contributed by atoms with van der Waals surface area (Å²) in [5, 5.41) is 8.85. The van der Waals surface area contributed by atoms with E-state index in [1.54, 1.807) is 12.1 Å². The zero-order valence-corrected chi connectivity index (χ0v) is 12.1. The van der Waals surface area contributed by atoms with Crippen LogP contribution in [0, 0.1) is 17.2 Å². The molecule has 0 aromatic heterocycles. The van der Waals surface area contributed by atoms with E-state index in [1.807, 2.05) is 13.0 Å². The van der Waals surface area contributed by atoms with Gasteiger partial charge in [-0.25, -0.2) is 8.42 Å². The van der Waals surface area contributed by atoms with Crippen molar-refractivity contribution in [1.82, 2.24) is 4.31 Å². The van der Waals surface area contributed by atoms with Crippen LogP contribution in [-0.2, 0) is 14.8 Å². The number of sulfonamides is 1. The highest BCUT2D eigenvalue weighted by molar-refractivity contribution is 7.89. The van der Waals surface area contributed by atoms with Gasteiger partial charge in [0.2, 0.25) is 10.0 Å². The van der Waals surface area contributed by atoms with E-state index in [2.05, 4.69) is 0 Å². The van der Waals surface area contributed by atoms with Gasteiger partial charge in [-0.1, -0.05) is 13.0 Å². The van der Waals surface area contributed by atoms with Gasteiger partial charge in [0.25, 0.3) is 0 Å². The van der Waals surface area contributed by atoms with E-state index in [0.717, 1.165) is 0 Å². The monoisotopic (exact) mass is 292 g/mol. The van der Waals surface area contributed by atoms with Gasteiger partial charge in [0, 0.05) is 25.4 Å². The van der Waals surface area contributed by atoms with Gasteiger partial charge in [0.1, 0.15) is 5.78 Å². The van der Waals surface area contributed by atoms with Crippen LogP contribution >= 0.6 is 0 Å². The Kier molecular flexibility index (Phi) is 4.21. The summed E-state index contributed by atoms with van der Waals surface area (Å²) in [6.07, 6.45) is 0.902. The fourth-order valence-electron chi connectivity index (χ4n) is 2.33. The molecule has 0 N–H and O–H groups in total. The topological polar surface area (TPSA) is 78.2 Å². The van der Waals surface area contributed by atoms with E-state index in [4.69, 9.17) is 5.26 Å². The Labute approximate surface area is 118 Å². The Morgan fingerprint density at radius 2 is 2.20 bits per heavy atom. The summed E-state index contributed by atoms with van der Waals surface area (Å²) in [5.74, 6) is -0.0950. The summed E-state index contributed by atoms with van der Waals surface area (Å²) >= 11 is 0. The SMILES string of the molecule is CCC1CN(S(=O)(=O)c2cccc(C#N)c2)CCC1=O. The van der Waals surface area contributed by atoms with E-state index in [-0.39, 0.29) is 36.1 Å². The third-order valence-electron chi connectivity index (χ3n) is 3.58. The number of nitrogens with zero attached hydrogens (tertiary/aromatic N) is 2. The molecule has 6 heteroatoms. The molecule has 5 nitrogen and oxygen atoms in total. The molecule has 1 aromatic rings. The standard InChI is InChI=1S/C14H16N2O3S/c1-2-12-10-16(7-6-14(12)17)20(18,19)13-5-3-4-11(8-13)9-15/h3-5,8,12H,2,6-7,10H2,1H3. The molecule has 0 radical (unpaired) electrons. The lowest BCUT2D eigenvalue weighted by Crippen LogP contribution is -2.43. The minimum atomic E-state index is -3.63. The van der Waals surface area contributed by atoms with Crippen molar-refractivity contribution >= 4 is 15.8 Å². The zero-order valence-electron chi connectivity index (χ0n) is 11.2. The fraction of sp³-hybridized carbons (Fsp3) is 0.429. The van der Waals surface area contributed by atoms with Gasteiger partial charge in [0.05, 0.1) is 16.5 Å². The summed E-state index contributed by atoms with van der Waals surface area (Å²) in [5.41, 5.74) is 0.311. The van der Waals surface area contributed by atoms with Gasteiger partial charge in [-0.3, -0.25) is 4.79 Å². The van der Waals surface area contributed by atoms with Crippen molar-refractivity contribution in [1.29, 1.82) is 5.26 Å². The molecule has 1 aliphatic heterocycles. The second kappa shape index (κ2) is 5.73. The second-order valence-corrected chi connectivity index (χ2v) is 6.76. The Morgan fingerprint density at radius 3 is 2.85 bits per heavy atom. The largest absolute Gasteiger partial charge is 0.299 e. The Bertz CT molecular complexity index is 661. The number of hydrogen-bond acceptors (Lipinski definition) is 4. The number of rotatable bonds is 3. The predicted octanol–water partition coefficient (Wildman–Crippen LogP) is 1.55. The van der Waals surface area contributed by atoms with Gasteiger partial charge in [0.15, 0.2) is 0 Å². The summed E-state index contributed by atoms with van der Waals surface area (Å²) < 4.78 is 26.4. The van der Waals surface area contributed by atoms with Crippen LogP contribution in [0.1, 0.15) is 25.3 Å². The van der Waals surface area contributed by atoms with Crippen molar-refractivity contribution in [3.63, 3.8) is 0 Å². The molecule has 1 atom stereocenters. The number of hydrogen-bond donors (Lipinski definition) is 0. The maximum atomic E-state index is 12.5. The smallest absolute Gasteiger partial charge is 0.243 e. The van der Waals surface area contributed by atoms with Crippen LogP contribution in [0.3, 0.4) is 0 Å². The first-order chi connectivity index (χ1) is 9.48. The fourth-order valence-corrected chi connectivity index (χ4v) is 3.86. The number of nitriles is 1. The van der Waals surface area contributed by atoms with Crippen LogP contribution in [0.15, 0.2) is 29.2 Å². The second-order valence-electron chi connectivity index (χ2n) is 4.82. The van der Waals surface area contributed by atoms with Crippen molar-refractivity contribution in [3.8, 4) is 6.07 Å². The number of benzene rings is 1. The number of piperidine rings is 1. The molecule has 1 saturated heterocycles. The molecule has 1 heterocycles. The lowest BCUT2D eigenvalue weighted by atomic mass is 9.96. The first kappa shape index (κ1) is 14.7. The van der Waals surface area contributed by atoms with Gasteiger partial charge in [-0.05, 0) is 24.6 Å². The molecule has 20 heavy (non-hydrogen) atoms. The minimum Gasteiger partial charge on any atom is -0.299 e. The molecule has 0 spiro atoms. The van der Waals surface area contributed by atoms with E-state index in [9.17, 15) is 13.2 Å². The Hall–Kier alpha value is -1.71. The first-order valence-electron chi connectivity index (χ1n) is 6.52. The average Bonchev–Trinajstić information content (AvgIpc) is 2.47. The molecule has 0 aliphatic carbocycles. The molecule has 106 valence electrons. The number of carbonyl (C=O) groups is 1. The van der Waals surface area contributed by atoms with Crippen molar-refractivity contribution in [3.05, 3.63) is 29.8 Å². The summed E-state index contributed by atoms with van der Waals surface area (Å²) in [6, 6.07) is 7.90. The lowest BCUT2D eigenvalue weighted by molar-refractivity contribution is -0.125. The van der Waals surface area contributed by atoms with Crippen molar-refractivity contribution in [2.45, 2.75) is 24.7 Å². The van der Waals surface area contributed by atoms with Crippen molar-refractivity contribution < 1.29 is 13.2 Å². The molecular formula is C14H16N2O3S. The predicted molar refractivity (Wildman–Crippen MR) is 73.3 cm³/mol. The molecular weight excluding hydrogens is 276 g/mol. The Balaban J connectivity index is 2.31. The summed E-state index contributed by atoms with van der Waals surface area (Å²) in [7, 11) is -3.63. The zero-order chi connectivity index (χ0) is 14.8. The maximum Gasteiger partial charge on any atom is 0.243 e. The molecule has 1 fully saturated rings. The molecule has 2 rings (SSSR count). The van der Waals surface area contributed by atoms with E-state index < -0.39 is 10.0 Å². The third kappa shape index (κ3) is 2.74. The summed E-state index contributed by atoms with van der Waals surface area (Å²) in [6.45, 7) is 2.33. The summed E-state index contributed by atoms with van der Waals surface area (Å²) in [4.78, 5) is 11.8. The van der Waals surface area contributed by atoms with Crippen LogP contribution in [0.25, 0.3) is 0 Å².